The van der Waals surface area contributed by atoms with E-state index in [1.807, 2.05) is 23.1 Å². The molecule has 5 nitrogen and oxygen atoms in total. The van der Waals surface area contributed by atoms with Crippen LogP contribution in [-0.4, -0.2) is 47.3 Å². The van der Waals surface area contributed by atoms with Crippen LogP contribution >= 0.6 is 22.6 Å². The molecule has 0 saturated carbocycles. The zero-order valence-electron chi connectivity index (χ0n) is 11.4. The number of hydrogen-bond acceptors (Lipinski definition) is 3. The number of rotatable bonds is 1. The average molecular weight is 395 g/mol. The second-order valence-corrected chi connectivity index (χ2v) is 6.40. The molecule has 0 spiro atoms. The molecule has 1 aliphatic heterocycles. The Morgan fingerprint density at radius 3 is 2.95 bits per heavy atom. The molecule has 1 aromatic heterocycles. The first-order valence-corrected chi connectivity index (χ1v) is 8.05. The van der Waals surface area contributed by atoms with E-state index in [9.17, 15) is 4.79 Å². The van der Waals surface area contributed by atoms with E-state index < -0.39 is 0 Å². The minimum absolute atomic E-state index is 0.0990. The third-order valence-electron chi connectivity index (χ3n) is 4.09. The summed E-state index contributed by atoms with van der Waals surface area (Å²) in [7, 11) is 0. The smallest absolute Gasteiger partial charge is 0.254 e. The Bertz CT molecular complexity index is 720. The van der Waals surface area contributed by atoms with E-state index in [2.05, 4.69) is 32.8 Å². The van der Waals surface area contributed by atoms with Gasteiger partial charge in [-0.2, -0.15) is 5.10 Å². The number of aromatic nitrogens is 2. The minimum atomic E-state index is 0.0990. The lowest BCUT2D eigenvalue weighted by atomic mass is 10.0. The second-order valence-electron chi connectivity index (χ2n) is 5.32. The molecular weight excluding hydrogens is 381 g/mol. The summed E-state index contributed by atoms with van der Waals surface area (Å²) in [6, 6.07) is 5.95. The van der Waals surface area contributed by atoms with E-state index in [1.54, 1.807) is 0 Å². The number of carbonyl (C=O) groups is 1. The highest BCUT2D eigenvalue weighted by Gasteiger charge is 2.26. The summed E-state index contributed by atoms with van der Waals surface area (Å²) in [5.41, 5.74) is 5.36. The summed E-state index contributed by atoms with van der Waals surface area (Å²) in [6.45, 7) is 2.61. The van der Waals surface area contributed by atoms with Gasteiger partial charge in [0.2, 0.25) is 0 Å². The van der Waals surface area contributed by atoms with E-state index in [0.717, 1.165) is 26.9 Å². The lowest BCUT2D eigenvalue weighted by Gasteiger charge is -2.27. The molecule has 0 unspecified atom stereocenters. The van der Waals surface area contributed by atoms with Gasteiger partial charge in [-0.1, -0.05) is 6.07 Å². The molecule has 0 atom stereocenters. The van der Waals surface area contributed by atoms with Crippen LogP contribution in [0, 0.1) is 3.70 Å². The number of nitrogens with one attached hydrogen (secondary N) is 1. The highest BCUT2D eigenvalue weighted by Crippen LogP contribution is 2.37. The summed E-state index contributed by atoms with van der Waals surface area (Å²) >= 11 is 2.27. The number of amides is 1. The molecule has 108 valence electrons. The Balaban J connectivity index is 1.65. The van der Waals surface area contributed by atoms with Crippen molar-refractivity contribution in [1.29, 1.82) is 0 Å². The number of benzene rings is 1. The maximum atomic E-state index is 12.5. The van der Waals surface area contributed by atoms with Gasteiger partial charge in [-0.25, -0.2) is 0 Å². The number of aromatic amines is 1. The van der Waals surface area contributed by atoms with Gasteiger partial charge in [0.05, 0.1) is 22.6 Å². The van der Waals surface area contributed by atoms with Crippen molar-refractivity contribution in [2.45, 2.75) is 6.42 Å². The molecule has 1 fully saturated rings. The number of hydrogen-bond donors (Lipinski definition) is 1. The van der Waals surface area contributed by atoms with Gasteiger partial charge in [0, 0.05) is 36.2 Å². The fourth-order valence-electron chi connectivity index (χ4n) is 2.97. The van der Waals surface area contributed by atoms with Gasteiger partial charge >= 0.3 is 0 Å². The zero-order valence-corrected chi connectivity index (χ0v) is 13.5. The van der Waals surface area contributed by atoms with Crippen molar-refractivity contribution >= 4 is 28.5 Å². The summed E-state index contributed by atoms with van der Waals surface area (Å²) in [4.78, 5) is 14.4. The predicted molar refractivity (Wildman–Crippen MR) is 86.3 cm³/mol. The highest BCUT2D eigenvalue weighted by atomic mass is 127. The Labute approximate surface area is 135 Å². The van der Waals surface area contributed by atoms with Gasteiger partial charge in [0.1, 0.15) is 0 Å². The molecule has 2 heterocycles. The molecule has 21 heavy (non-hydrogen) atoms. The summed E-state index contributed by atoms with van der Waals surface area (Å²) in [5, 5.41) is 7.37. The van der Waals surface area contributed by atoms with Crippen molar-refractivity contribution in [2.24, 2.45) is 0 Å². The monoisotopic (exact) mass is 395 g/mol. The molecule has 4 rings (SSSR count). The van der Waals surface area contributed by atoms with Crippen LogP contribution in [-0.2, 0) is 11.2 Å². The number of H-pyrrole nitrogens is 1. The quantitative estimate of drug-likeness (QED) is 0.642. The Morgan fingerprint density at radius 2 is 2.14 bits per heavy atom. The van der Waals surface area contributed by atoms with E-state index in [-0.39, 0.29) is 5.91 Å². The Morgan fingerprint density at radius 1 is 1.33 bits per heavy atom. The number of halogens is 1. The van der Waals surface area contributed by atoms with Gasteiger partial charge in [-0.15, -0.1) is 0 Å². The van der Waals surface area contributed by atoms with Crippen LogP contribution < -0.4 is 0 Å². The summed E-state index contributed by atoms with van der Waals surface area (Å²) in [6.07, 6.45) is 0.851. The van der Waals surface area contributed by atoms with Gasteiger partial charge in [-0.3, -0.25) is 9.89 Å². The van der Waals surface area contributed by atoms with Gasteiger partial charge in [-0.05, 0) is 40.3 Å². The number of nitrogens with zero attached hydrogens (tertiary/aromatic N) is 2. The van der Waals surface area contributed by atoms with Gasteiger partial charge in [0.15, 0.2) is 0 Å². The molecule has 0 radical (unpaired) electrons. The molecular formula is C15H14IN3O2. The molecule has 2 aliphatic rings. The van der Waals surface area contributed by atoms with Crippen LogP contribution in [0.25, 0.3) is 11.3 Å². The van der Waals surface area contributed by atoms with Crippen LogP contribution in [0.3, 0.4) is 0 Å². The minimum Gasteiger partial charge on any atom is -0.378 e. The van der Waals surface area contributed by atoms with Gasteiger partial charge in [0.25, 0.3) is 5.91 Å². The van der Waals surface area contributed by atoms with Crippen molar-refractivity contribution in [3.63, 3.8) is 0 Å². The lowest BCUT2D eigenvalue weighted by Crippen LogP contribution is -2.40. The van der Waals surface area contributed by atoms with Crippen molar-refractivity contribution in [1.82, 2.24) is 15.1 Å². The zero-order chi connectivity index (χ0) is 14.4. The van der Waals surface area contributed by atoms with E-state index in [4.69, 9.17) is 4.74 Å². The van der Waals surface area contributed by atoms with Crippen LogP contribution in [0.4, 0.5) is 0 Å². The third kappa shape index (κ3) is 2.17. The van der Waals surface area contributed by atoms with Crippen LogP contribution in [0.5, 0.6) is 0 Å². The maximum absolute atomic E-state index is 12.5. The Hall–Kier alpha value is -1.41. The molecule has 1 N–H and O–H groups in total. The fraction of sp³-hybridized carbons (Fsp3) is 0.333. The molecule has 1 aromatic carbocycles. The maximum Gasteiger partial charge on any atom is 0.254 e. The molecule has 0 bridgehead atoms. The molecule has 1 aliphatic carbocycles. The van der Waals surface area contributed by atoms with Crippen molar-refractivity contribution in [3.8, 4) is 11.3 Å². The normalized spacial score (nSPS) is 16.7. The third-order valence-corrected chi connectivity index (χ3v) is 4.98. The van der Waals surface area contributed by atoms with Crippen LogP contribution in [0.2, 0.25) is 0 Å². The first-order valence-electron chi connectivity index (χ1n) is 6.97. The summed E-state index contributed by atoms with van der Waals surface area (Å²) in [5.74, 6) is 0.0990. The topological polar surface area (TPSA) is 58.2 Å². The van der Waals surface area contributed by atoms with Crippen molar-refractivity contribution in [2.75, 3.05) is 26.3 Å². The number of ether oxygens (including phenoxy) is 1. The number of morpholine rings is 1. The van der Waals surface area contributed by atoms with Crippen LogP contribution in [0.15, 0.2) is 18.2 Å². The number of fused-ring (bicyclic) bond motifs is 3. The molecule has 1 saturated heterocycles. The van der Waals surface area contributed by atoms with Crippen molar-refractivity contribution < 1.29 is 9.53 Å². The van der Waals surface area contributed by atoms with E-state index >= 15 is 0 Å². The molecule has 6 heteroatoms. The highest BCUT2D eigenvalue weighted by molar-refractivity contribution is 14.1. The summed E-state index contributed by atoms with van der Waals surface area (Å²) < 4.78 is 6.38. The molecule has 2 aromatic rings. The van der Waals surface area contributed by atoms with Crippen LogP contribution in [0.1, 0.15) is 21.5 Å². The van der Waals surface area contributed by atoms with E-state index in [0.29, 0.717) is 26.3 Å². The average Bonchev–Trinajstić information content (AvgIpc) is 3.07. The predicted octanol–water partition coefficient (Wildman–Crippen LogP) is 2.06. The lowest BCUT2D eigenvalue weighted by molar-refractivity contribution is 0.0303. The number of carbonyl (C=O) groups excluding carboxylic acids is 1. The first kappa shape index (κ1) is 13.3. The Kier molecular flexibility index (Phi) is 3.22. The van der Waals surface area contributed by atoms with E-state index in [1.165, 1.54) is 11.1 Å². The largest absolute Gasteiger partial charge is 0.378 e. The van der Waals surface area contributed by atoms with Crippen molar-refractivity contribution in [3.05, 3.63) is 38.6 Å². The SMILES string of the molecule is O=C(c1ccc2c(c1)Cc1c-2n[nH]c1I)N1CCOCC1. The first-order chi connectivity index (χ1) is 10.2. The molecule has 1 amide bonds. The second kappa shape index (κ2) is 5.10. The van der Waals surface area contributed by atoms with Gasteiger partial charge < -0.3 is 9.64 Å². The fourth-order valence-corrected chi connectivity index (χ4v) is 3.54. The standard InChI is InChI=1S/C15H14IN3O2/c16-14-12-8-10-7-9(1-2-11(10)13(12)17-18-14)15(20)19-3-5-21-6-4-19/h1-2,7H,3-6,8H2,(H,17,18).